The molecule has 0 aliphatic heterocycles. The van der Waals surface area contributed by atoms with E-state index in [1.54, 1.807) is 13.8 Å². The number of carboxylic acids is 1. The van der Waals surface area contributed by atoms with E-state index in [0.717, 1.165) is 11.7 Å². The third-order valence-corrected chi connectivity index (χ3v) is 3.01. The molecule has 0 spiro atoms. The molecule has 88 valence electrons. The number of rotatable bonds is 5. The van der Waals surface area contributed by atoms with Crippen molar-refractivity contribution in [1.82, 2.24) is 14.1 Å². The summed E-state index contributed by atoms with van der Waals surface area (Å²) in [6.07, 6.45) is 1.79. The van der Waals surface area contributed by atoms with E-state index in [9.17, 15) is 9.59 Å². The molecule has 6 nitrogen and oxygen atoms in total. The Bertz CT molecular complexity index is 379. The molecule has 0 aromatic carbocycles. The summed E-state index contributed by atoms with van der Waals surface area (Å²) in [4.78, 5) is 22.5. The molecule has 16 heavy (non-hydrogen) atoms. The number of aromatic nitrogens is 2. The molecule has 1 rings (SSSR count). The highest BCUT2D eigenvalue weighted by molar-refractivity contribution is 6.99. The van der Waals surface area contributed by atoms with Gasteiger partial charge in [0, 0.05) is 6.54 Å². The van der Waals surface area contributed by atoms with E-state index in [4.69, 9.17) is 5.11 Å². The first-order valence-corrected chi connectivity index (χ1v) is 5.52. The van der Waals surface area contributed by atoms with Gasteiger partial charge in [0.2, 0.25) is 0 Å². The molecule has 0 fully saturated rings. The number of aliphatic carboxylic acids is 1. The topological polar surface area (TPSA) is 92.2 Å². The number of carboxylic acid groups (broad SMARTS) is 1. The van der Waals surface area contributed by atoms with Crippen molar-refractivity contribution in [3.05, 3.63) is 11.9 Å². The monoisotopic (exact) mass is 243 g/mol. The summed E-state index contributed by atoms with van der Waals surface area (Å²) >= 11 is 0.936. The Morgan fingerprint density at radius 3 is 2.75 bits per heavy atom. The number of nitrogens with zero attached hydrogens (tertiary/aromatic N) is 2. The molecule has 1 amide bonds. The molecule has 0 bridgehead atoms. The van der Waals surface area contributed by atoms with E-state index in [1.807, 2.05) is 0 Å². The van der Waals surface area contributed by atoms with Crippen molar-refractivity contribution in [1.29, 1.82) is 0 Å². The quantitative estimate of drug-likeness (QED) is 0.796. The first-order valence-electron chi connectivity index (χ1n) is 4.79. The lowest BCUT2D eigenvalue weighted by molar-refractivity contribution is -0.147. The highest BCUT2D eigenvalue weighted by atomic mass is 32.1. The molecule has 0 saturated carbocycles. The first-order chi connectivity index (χ1) is 7.49. The van der Waals surface area contributed by atoms with Gasteiger partial charge in [-0.2, -0.15) is 8.75 Å². The van der Waals surface area contributed by atoms with E-state index in [1.165, 1.54) is 6.20 Å². The van der Waals surface area contributed by atoms with Crippen LogP contribution < -0.4 is 5.32 Å². The minimum atomic E-state index is -0.945. The van der Waals surface area contributed by atoms with E-state index in [0.29, 0.717) is 6.42 Å². The van der Waals surface area contributed by atoms with E-state index < -0.39 is 17.3 Å². The minimum Gasteiger partial charge on any atom is -0.481 e. The Labute approximate surface area is 97.0 Å². The number of nitrogens with one attached hydrogen (secondary N) is 1. The highest BCUT2D eigenvalue weighted by Crippen LogP contribution is 2.19. The van der Waals surface area contributed by atoms with Crippen LogP contribution >= 0.6 is 11.7 Å². The van der Waals surface area contributed by atoms with Crippen LogP contribution in [0.25, 0.3) is 0 Å². The van der Waals surface area contributed by atoms with Gasteiger partial charge in [-0.3, -0.25) is 9.59 Å². The molecule has 1 aromatic heterocycles. The van der Waals surface area contributed by atoms with Gasteiger partial charge >= 0.3 is 5.97 Å². The third-order valence-electron chi connectivity index (χ3n) is 2.53. The van der Waals surface area contributed by atoms with Crippen LogP contribution in [0.4, 0.5) is 0 Å². The predicted molar refractivity (Wildman–Crippen MR) is 58.3 cm³/mol. The smallest absolute Gasteiger partial charge is 0.311 e. The maximum absolute atomic E-state index is 11.5. The molecule has 7 heteroatoms. The lowest BCUT2D eigenvalue weighted by Gasteiger charge is -2.22. The van der Waals surface area contributed by atoms with Gasteiger partial charge in [-0.05, 0) is 13.3 Å². The molecule has 0 aliphatic rings. The van der Waals surface area contributed by atoms with Crippen molar-refractivity contribution < 1.29 is 14.7 Å². The lowest BCUT2D eigenvalue weighted by Crippen LogP contribution is -2.40. The van der Waals surface area contributed by atoms with Gasteiger partial charge in [0.1, 0.15) is 0 Å². The zero-order valence-electron chi connectivity index (χ0n) is 9.06. The molecular formula is C9H13N3O3S. The Hall–Kier alpha value is -1.50. The largest absolute Gasteiger partial charge is 0.481 e. The van der Waals surface area contributed by atoms with Gasteiger partial charge in [-0.25, -0.2) is 0 Å². The maximum atomic E-state index is 11.5. The van der Waals surface area contributed by atoms with Crippen molar-refractivity contribution in [2.45, 2.75) is 20.3 Å². The summed E-state index contributed by atoms with van der Waals surface area (Å²) in [6, 6.07) is 0. The van der Waals surface area contributed by atoms with E-state index in [2.05, 4.69) is 14.1 Å². The van der Waals surface area contributed by atoms with Crippen molar-refractivity contribution in [3.8, 4) is 0 Å². The molecule has 1 atom stereocenters. The molecule has 0 saturated heterocycles. The number of hydrogen-bond donors (Lipinski definition) is 2. The summed E-state index contributed by atoms with van der Waals surface area (Å²) in [7, 11) is 0. The molecule has 0 aliphatic carbocycles. The zero-order chi connectivity index (χ0) is 12.2. The van der Waals surface area contributed by atoms with Gasteiger partial charge in [0.15, 0.2) is 5.69 Å². The maximum Gasteiger partial charge on any atom is 0.311 e. The number of amides is 1. The highest BCUT2D eigenvalue weighted by Gasteiger charge is 2.31. The summed E-state index contributed by atoms with van der Waals surface area (Å²) in [5.74, 6) is -1.32. The van der Waals surface area contributed by atoms with Gasteiger partial charge in [0.05, 0.1) is 23.3 Å². The summed E-state index contributed by atoms with van der Waals surface area (Å²) < 4.78 is 7.45. The minimum absolute atomic E-state index is 0.0786. The number of hydrogen-bond acceptors (Lipinski definition) is 5. The molecule has 1 heterocycles. The zero-order valence-corrected chi connectivity index (χ0v) is 9.87. The predicted octanol–water partition coefficient (Wildman–Crippen LogP) is 0.769. The van der Waals surface area contributed by atoms with Crippen molar-refractivity contribution >= 4 is 23.6 Å². The SMILES string of the molecule is CCC(C)(CNC(=O)c1cnsn1)C(=O)O. The van der Waals surface area contributed by atoms with E-state index >= 15 is 0 Å². The van der Waals surface area contributed by atoms with E-state index in [-0.39, 0.29) is 12.2 Å². The Morgan fingerprint density at radius 2 is 2.31 bits per heavy atom. The van der Waals surface area contributed by atoms with Gasteiger partial charge < -0.3 is 10.4 Å². The fourth-order valence-electron chi connectivity index (χ4n) is 0.982. The Kier molecular flexibility index (Phi) is 3.94. The van der Waals surface area contributed by atoms with Crippen LogP contribution in [0.5, 0.6) is 0 Å². The standard InChI is InChI=1S/C9H13N3O3S/c1-3-9(2,8(14)15)5-10-7(13)6-4-11-16-12-6/h4H,3,5H2,1-2H3,(H,10,13)(H,14,15). The Balaban J connectivity index is 2.57. The van der Waals surface area contributed by atoms with Crippen LogP contribution in [0.3, 0.4) is 0 Å². The van der Waals surface area contributed by atoms with Crippen molar-refractivity contribution in [2.75, 3.05) is 6.54 Å². The van der Waals surface area contributed by atoms with Crippen LogP contribution in [-0.4, -0.2) is 32.3 Å². The third kappa shape index (κ3) is 2.75. The second-order valence-electron chi connectivity index (χ2n) is 3.69. The molecule has 2 N–H and O–H groups in total. The lowest BCUT2D eigenvalue weighted by atomic mass is 9.88. The second kappa shape index (κ2) is 5.02. The second-order valence-corrected chi connectivity index (χ2v) is 4.25. The van der Waals surface area contributed by atoms with Gasteiger partial charge in [0.25, 0.3) is 5.91 Å². The first kappa shape index (κ1) is 12.6. The van der Waals surface area contributed by atoms with Crippen LogP contribution in [0.15, 0.2) is 6.20 Å². The molecule has 1 aromatic rings. The molecule has 1 unspecified atom stereocenters. The summed E-state index contributed by atoms with van der Waals surface area (Å²) in [6.45, 7) is 3.44. The van der Waals surface area contributed by atoms with Gasteiger partial charge in [-0.15, -0.1) is 0 Å². The summed E-state index contributed by atoms with van der Waals surface area (Å²) in [5.41, 5.74) is -0.729. The Morgan fingerprint density at radius 1 is 1.62 bits per heavy atom. The molecule has 0 radical (unpaired) electrons. The average molecular weight is 243 g/mol. The number of carbonyl (C=O) groups is 2. The number of carbonyl (C=O) groups excluding carboxylic acids is 1. The van der Waals surface area contributed by atoms with Crippen molar-refractivity contribution in [3.63, 3.8) is 0 Å². The average Bonchev–Trinajstić information content (AvgIpc) is 2.78. The summed E-state index contributed by atoms with van der Waals surface area (Å²) in [5, 5.41) is 11.5. The van der Waals surface area contributed by atoms with Crippen LogP contribution in [0.2, 0.25) is 0 Å². The normalized spacial score (nSPS) is 14.1. The van der Waals surface area contributed by atoms with Crippen molar-refractivity contribution in [2.24, 2.45) is 5.41 Å². The van der Waals surface area contributed by atoms with Crippen LogP contribution in [-0.2, 0) is 4.79 Å². The fourth-order valence-corrected chi connectivity index (χ4v) is 1.39. The molecular weight excluding hydrogens is 230 g/mol. The van der Waals surface area contributed by atoms with Gasteiger partial charge in [-0.1, -0.05) is 6.92 Å². The van der Waals surface area contributed by atoms with Crippen LogP contribution in [0, 0.1) is 5.41 Å². The fraction of sp³-hybridized carbons (Fsp3) is 0.556. The van der Waals surface area contributed by atoms with Crippen LogP contribution in [0.1, 0.15) is 30.8 Å².